The molecule has 1 aliphatic carbocycles. The number of benzene rings is 1. The van der Waals surface area contributed by atoms with Crippen LogP contribution in [0.4, 0.5) is 0 Å². The van der Waals surface area contributed by atoms with E-state index in [9.17, 15) is 14.4 Å². The van der Waals surface area contributed by atoms with E-state index in [2.05, 4.69) is 5.32 Å². The van der Waals surface area contributed by atoms with Crippen molar-refractivity contribution in [3.63, 3.8) is 0 Å². The molecule has 0 radical (unpaired) electrons. The maximum atomic E-state index is 13.2. The van der Waals surface area contributed by atoms with Crippen molar-refractivity contribution in [3.05, 3.63) is 34.9 Å². The zero-order chi connectivity index (χ0) is 22.2. The average Bonchev–Trinajstić information content (AvgIpc) is 3.56. The Morgan fingerprint density at radius 2 is 1.94 bits per heavy atom. The van der Waals surface area contributed by atoms with E-state index in [1.54, 1.807) is 11.5 Å². The van der Waals surface area contributed by atoms with Gasteiger partial charge < -0.3 is 15.0 Å². The van der Waals surface area contributed by atoms with E-state index in [0.29, 0.717) is 31.0 Å². The number of ether oxygens (including phenoxy) is 1. The van der Waals surface area contributed by atoms with Gasteiger partial charge in [0.25, 0.3) is 0 Å². The summed E-state index contributed by atoms with van der Waals surface area (Å²) < 4.78 is 4.79. The molecule has 1 aromatic carbocycles. The molecular weight excluding hydrogens is 398 g/mol. The van der Waals surface area contributed by atoms with Gasteiger partial charge in [0.1, 0.15) is 0 Å². The van der Waals surface area contributed by atoms with Crippen molar-refractivity contribution in [1.29, 1.82) is 0 Å². The Kier molecular flexibility index (Phi) is 6.03. The number of hydrogen-bond donors (Lipinski definition) is 3. The van der Waals surface area contributed by atoms with Gasteiger partial charge in [0.15, 0.2) is 0 Å². The minimum Gasteiger partial charge on any atom is -0.465 e. The average molecular weight is 430 g/mol. The van der Waals surface area contributed by atoms with Crippen LogP contribution >= 0.6 is 0 Å². The molecule has 3 N–H and O–H groups in total. The minimum atomic E-state index is -0.587. The fourth-order valence-electron chi connectivity index (χ4n) is 5.26. The molecule has 0 unspecified atom stereocenters. The molecule has 1 spiro atoms. The monoisotopic (exact) mass is 429 g/mol. The second-order valence-electron chi connectivity index (χ2n) is 9.31. The SMILES string of the molecule is COC(=O)c1ccc(C2CCN(C(=O)[C@H]3NCC4(CC4)C[C@@H]3C(=O)NO)CC2)c(C)c1. The Morgan fingerprint density at radius 1 is 1.23 bits per heavy atom. The summed E-state index contributed by atoms with van der Waals surface area (Å²) in [5.74, 6) is -1.10. The number of piperidine rings is 2. The van der Waals surface area contributed by atoms with E-state index < -0.39 is 17.9 Å². The topological polar surface area (TPSA) is 108 Å². The molecule has 0 bridgehead atoms. The van der Waals surface area contributed by atoms with E-state index in [1.165, 1.54) is 12.7 Å². The molecule has 8 heteroatoms. The highest BCUT2D eigenvalue weighted by Gasteiger charge is 2.52. The third-order valence-electron chi connectivity index (χ3n) is 7.36. The lowest BCUT2D eigenvalue weighted by Crippen LogP contribution is -2.59. The molecule has 2 saturated heterocycles. The van der Waals surface area contributed by atoms with E-state index >= 15 is 0 Å². The van der Waals surface area contributed by atoms with Crippen LogP contribution in [0.15, 0.2) is 18.2 Å². The van der Waals surface area contributed by atoms with Crippen LogP contribution in [0.5, 0.6) is 0 Å². The van der Waals surface area contributed by atoms with Crippen LogP contribution in [0.1, 0.15) is 59.5 Å². The smallest absolute Gasteiger partial charge is 0.337 e. The Morgan fingerprint density at radius 3 is 2.52 bits per heavy atom. The van der Waals surface area contributed by atoms with E-state index in [0.717, 1.165) is 37.8 Å². The van der Waals surface area contributed by atoms with Crippen molar-refractivity contribution in [2.24, 2.45) is 11.3 Å². The highest BCUT2D eigenvalue weighted by molar-refractivity contribution is 5.90. The first-order valence-electron chi connectivity index (χ1n) is 11.0. The van der Waals surface area contributed by atoms with Crippen molar-refractivity contribution >= 4 is 17.8 Å². The molecular formula is C23H31N3O5. The van der Waals surface area contributed by atoms with Crippen LogP contribution in [-0.4, -0.2) is 60.7 Å². The molecule has 2 aliphatic heterocycles. The highest BCUT2D eigenvalue weighted by Crippen LogP contribution is 2.52. The standard InChI is InChI=1S/C23H31N3O5/c1-14-11-16(22(29)31-2)3-4-17(14)15-5-9-26(10-6-15)21(28)19-18(20(27)25-30)12-23(7-8-23)13-24-19/h3-4,11,15,18-19,24,30H,5-10,12-13H2,1-2H3,(H,25,27)/t18-,19-/m0/s1. The summed E-state index contributed by atoms with van der Waals surface area (Å²) in [4.78, 5) is 39.1. The Bertz CT molecular complexity index is 874. The number of nitrogens with one attached hydrogen (secondary N) is 2. The molecule has 3 aliphatic rings. The van der Waals surface area contributed by atoms with Gasteiger partial charge in [-0.15, -0.1) is 0 Å². The number of nitrogens with zero attached hydrogens (tertiary/aromatic N) is 1. The van der Waals surface area contributed by atoms with Gasteiger partial charge in [-0.3, -0.25) is 14.8 Å². The first-order chi connectivity index (χ1) is 14.9. The molecule has 3 fully saturated rings. The lowest BCUT2D eigenvalue weighted by Gasteiger charge is -2.40. The molecule has 8 nitrogen and oxygen atoms in total. The summed E-state index contributed by atoms with van der Waals surface area (Å²) in [5, 5.41) is 12.5. The van der Waals surface area contributed by atoms with Crippen LogP contribution < -0.4 is 10.8 Å². The van der Waals surface area contributed by atoms with Gasteiger partial charge in [0, 0.05) is 19.6 Å². The van der Waals surface area contributed by atoms with E-state index in [-0.39, 0.29) is 17.3 Å². The maximum Gasteiger partial charge on any atom is 0.337 e. The van der Waals surface area contributed by atoms with Gasteiger partial charge in [-0.25, -0.2) is 10.3 Å². The fraction of sp³-hybridized carbons (Fsp3) is 0.609. The summed E-state index contributed by atoms with van der Waals surface area (Å²) in [6, 6.07) is 5.05. The largest absolute Gasteiger partial charge is 0.465 e. The van der Waals surface area contributed by atoms with Crippen LogP contribution in [-0.2, 0) is 14.3 Å². The number of carbonyl (C=O) groups excluding carboxylic acids is 3. The zero-order valence-corrected chi connectivity index (χ0v) is 18.1. The summed E-state index contributed by atoms with van der Waals surface area (Å²) in [5.41, 5.74) is 4.67. The van der Waals surface area contributed by atoms with Gasteiger partial charge in [0.2, 0.25) is 11.8 Å². The predicted molar refractivity (Wildman–Crippen MR) is 113 cm³/mol. The first kappa shape index (κ1) is 21.8. The molecule has 31 heavy (non-hydrogen) atoms. The molecule has 1 saturated carbocycles. The maximum absolute atomic E-state index is 13.2. The van der Waals surface area contributed by atoms with E-state index in [4.69, 9.17) is 9.94 Å². The van der Waals surface area contributed by atoms with Crippen LogP contribution in [0, 0.1) is 18.3 Å². The predicted octanol–water partition coefficient (Wildman–Crippen LogP) is 1.75. The number of amides is 2. The normalized spacial score (nSPS) is 25.2. The third-order valence-corrected chi connectivity index (χ3v) is 7.36. The van der Waals surface area contributed by atoms with Crippen LogP contribution in [0.25, 0.3) is 0 Å². The Labute approximate surface area is 182 Å². The number of aryl methyl sites for hydroxylation is 1. The molecule has 2 amide bonds. The van der Waals surface area contributed by atoms with Gasteiger partial charge in [-0.1, -0.05) is 6.07 Å². The third kappa shape index (κ3) is 4.32. The van der Waals surface area contributed by atoms with Crippen molar-refractivity contribution in [3.8, 4) is 0 Å². The number of carbonyl (C=O) groups is 3. The summed E-state index contributed by atoms with van der Waals surface area (Å²) in [6.45, 7) is 3.99. The number of methoxy groups -OCH3 is 1. The second kappa shape index (κ2) is 8.59. The summed E-state index contributed by atoms with van der Waals surface area (Å²) in [7, 11) is 1.37. The Balaban J connectivity index is 1.39. The minimum absolute atomic E-state index is 0.0553. The van der Waals surface area contributed by atoms with Gasteiger partial charge in [0.05, 0.1) is 24.6 Å². The number of likely N-dealkylation sites (tertiary alicyclic amines) is 1. The van der Waals surface area contributed by atoms with Crippen LogP contribution in [0.3, 0.4) is 0 Å². The molecule has 1 aromatic rings. The molecule has 0 aromatic heterocycles. The number of esters is 1. The number of hydroxylamine groups is 1. The highest BCUT2D eigenvalue weighted by atomic mass is 16.5. The lowest BCUT2D eigenvalue weighted by molar-refractivity contribution is -0.145. The van der Waals surface area contributed by atoms with Crippen LogP contribution in [0.2, 0.25) is 0 Å². The lowest BCUT2D eigenvalue weighted by atomic mass is 9.80. The molecule has 4 rings (SSSR count). The van der Waals surface area contributed by atoms with Crippen molar-refractivity contribution < 1.29 is 24.3 Å². The Hall–Kier alpha value is -2.45. The molecule has 2 heterocycles. The zero-order valence-electron chi connectivity index (χ0n) is 18.1. The fourth-order valence-corrected chi connectivity index (χ4v) is 5.26. The van der Waals surface area contributed by atoms with Crippen molar-refractivity contribution in [2.75, 3.05) is 26.7 Å². The van der Waals surface area contributed by atoms with Gasteiger partial charge in [-0.2, -0.15) is 0 Å². The van der Waals surface area contributed by atoms with E-state index in [1.807, 2.05) is 24.0 Å². The number of hydrogen-bond acceptors (Lipinski definition) is 6. The molecule has 2 atom stereocenters. The van der Waals surface area contributed by atoms with Gasteiger partial charge >= 0.3 is 5.97 Å². The van der Waals surface area contributed by atoms with Gasteiger partial charge in [-0.05, 0) is 73.6 Å². The second-order valence-corrected chi connectivity index (χ2v) is 9.31. The first-order valence-corrected chi connectivity index (χ1v) is 11.0. The van der Waals surface area contributed by atoms with Crippen molar-refractivity contribution in [2.45, 2.75) is 51.0 Å². The quantitative estimate of drug-likeness (QED) is 0.382. The molecule has 168 valence electrons. The van der Waals surface area contributed by atoms with Crippen molar-refractivity contribution in [1.82, 2.24) is 15.7 Å². The summed E-state index contributed by atoms with van der Waals surface area (Å²) in [6.07, 6.45) is 4.44. The number of rotatable bonds is 4. The summed E-state index contributed by atoms with van der Waals surface area (Å²) >= 11 is 0.